The first-order valence-corrected chi connectivity index (χ1v) is 8.59. The molecule has 0 spiro atoms. The Morgan fingerprint density at radius 2 is 2.04 bits per heavy atom. The number of hydrogen-bond acceptors (Lipinski definition) is 4. The summed E-state index contributed by atoms with van der Waals surface area (Å²) in [6.07, 6.45) is 2.72. The van der Waals surface area contributed by atoms with E-state index in [0.29, 0.717) is 24.3 Å². The Kier molecular flexibility index (Phi) is 5.36. The molecule has 0 saturated carbocycles. The van der Waals surface area contributed by atoms with Gasteiger partial charge in [0.05, 0.1) is 19.4 Å². The molecular weight excluding hydrogens is 334 g/mol. The van der Waals surface area contributed by atoms with Crippen LogP contribution in [0.4, 0.5) is 5.69 Å². The van der Waals surface area contributed by atoms with Crippen molar-refractivity contribution in [2.24, 2.45) is 0 Å². The van der Waals surface area contributed by atoms with Crippen LogP contribution in [0.15, 0.2) is 41.0 Å². The quantitative estimate of drug-likeness (QED) is 0.824. The van der Waals surface area contributed by atoms with E-state index >= 15 is 0 Å². The van der Waals surface area contributed by atoms with Crippen molar-refractivity contribution in [3.05, 3.63) is 53.5 Å². The molecule has 0 atom stereocenters. The van der Waals surface area contributed by atoms with Crippen LogP contribution in [0.2, 0.25) is 0 Å². The minimum atomic E-state index is -0.318. The molecule has 1 aliphatic heterocycles. The van der Waals surface area contributed by atoms with Gasteiger partial charge in [-0.1, -0.05) is 6.92 Å². The van der Waals surface area contributed by atoms with Gasteiger partial charge in [-0.2, -0.15) is 0 Å². The van der Waals surface area contributed by atoms with E-state index in [1.165, 1.54) is 6.26 Å². The van der Waals surface area contributed by atoms with Gasteiger partial charge in [0.25, 0.3) is 5.91 Å². The van der Waals surface area contributed by atoms with Gasteiger partial charge in [-0.3, -0.25) is 14.4 Å². The maximum Gasteiger partial charge on any atom is 0.251 e. The highest BCUT2D eigenvalue weighted by atomic mass is 16.3. The second-order valence-corrected chi connectivity index (χ2v) is 6.03. The average Bonchev–Trinajstić information content (AvgIpc) is 3.32. The predicted octanol–water partition coefficient (Wildman–Crippen LogP) is 1.62. The molecule has 26 heavy (non-hydrogen) atoms. The number of carbonyl (C=O) groups excluding carboxylic acids is 3. The summed E-state index contributed by atoms with van der Waals surface area (Å²) in [5.74, 6) is 0.112. The van der Waals surface area contributed by atoms with E-state index in [1.807, 2.05) is 6.92 Å². The molecule has 1 aromatic carbocycles. The number of fused-ring (bicyclic) bond motifs is 1. The Morgan fingerprint density at radius 1 is 1.19 bits per heavy atom. The zero-order chi connectivity index (χ0) is 18.5. The van der Waals surface area contributed by atoms with Gasteiger partial charge in [-0.25, -0.2) is 0 Å². The number of hydrogen-bond donors (Lipinski definition) is 2. The van der Waals surface area contributed by atoms with E-state index in [0.717, 1.165) is 17.7 Å². The van der Waals surface area contributed by atoms with Gasteiger partial charge in [0.15, 0.2) is 0 Å². The third kappa shape index (κ3) is 3.93. The molecule has 2 aromatic rings. The van der Waals surface area contributed by atoms with Gasteiger partial charge in [0.1, 0.15) is 5.76 Å². The molecule has 136 valence electrons. The van der Waals surface area contributed by atoms with E-state index in [2.05, 4.69) is 10.6 Å². The van der Waals surface area contributed by atoms with Crippen molar-refractivity contribution in [2.45, 2.75) is 26.3 Å². The van der Waals surface area contributed by atoms with Crippen molar-refractivity contribution in [3.8, 4) is 0 Å². The highest BCUT2D eigenvalue weighted by Gasteiger charge is 2.24. The SMILES string of the molecule is CCC(=O)N1CCc2cc(C(=O)NCC(=O)NCc3ccco3)ccc21. The Balaban J connectivity index is 1.54. The number of anilines is 1. The second kappa shape index (κ2) is 7.86. The minimum absolute atomic E-state index is 0.0779. The maximum absolute atomic E-state index is 12.3. The van der Waals surface area contributed by atoms with Gasteiger partial charge in [-0.05, 0) is 42.3 Å². The molecule has 0 aliphatic carbocycles. The first kappa shape index (κ1) is 17.7. The zero-order valence-corrected chi connectivity index (χ0v) is 14.6. The first-order chi connectivity index (χ1) is 12.6. The minimum Gasteiger partial charge on any atom is -0.467 e. The maximum atomic E-state index is 12.3. The normalized spacial score (nSPS) is 12.6. The lowest BCUT2D eigenvalue weighted by Crippen LogP contribution is -2.36. The Hall–Kier alpha value is -3.09. The highest BCUT2D eigenvalue weighted by molar-refractivity contribution is 5.99. The lowest BCUT2D eigenvalue weighted by molar-refractivity contribution is -0.120. The molecule has 7 heteroatoms. The average molecular weight is 355 g/mol. The van der Waals surface area contributed by atoms with Gasteiger partial charge >= 0.3 is 0 Å². The number of benzene rings is 1. The summed E-state index contributed by atoms with van der Waals surface area (Å²) < 4.78 is 5.12. The van der Waals surface area contributed by atoms with Crippen molar-refractivity contribution in [2.75, 3.05) is 18.0 Å². The summed E-state index contributed by atoms with van der Waals surface area (Å²) in [6.45, 7) is 2.64. The predicted molar refractivity (Wildman–Crippen MR) is 95.7 cm³/mol. The number of carbonyl (C=O) groups is 3. The van der Waals surface area contributed by atoms with Crippen LogP contribution in [-0.4, -0.2) is 30.8 Å². The topological polar surface area (TPSA) is 91.7 Å². The zero-order valence-electron chi connectivity index (χ0n) is 14.6. The van der Waals surface area contributed by atoms with E-state index in [4.69, 9.17) is 4.42 Å². The van der Waals surface area contributed by atoms with Crippen LogP contribution in [0.3, 0.4) is 0 Å². The van der Waals surface area contributed by atoms with Crippen LogP contribution in [-0.2, 0) is 22.6 Å². The van der Waals surface area contributed by atoms with Crippen LogP contribution in [0.1, 0.15) is 35.0 Å². The Bertz CT molecular complexity index is 814. The second-order valence-electron chi connectivity index (χ2n) is 6.03. The number of furan rings is 1. The third-order valence-electron chi connectivity index (χ3n) is 4.29. The van der Waals surface area contributed by atoms with Gasteiger partial charge in [-0.15, -0.1) is 0 Å². The van der Waals surface area contributed by atoms with Crippen molar-refractivity contribution in [1.29, 1.82) is 0 Å². The molecule has 7 nitrogen and oxygen atoms in total. The monoisotopic (exact) mass is 355 g/mol. The Morgan fingerprint density at radius 3 is 2.77 bits per heavy atom. The van der Waals surface area contributed by atoms with Crippen LogP contribution in [0, 0.1) is 0 Å². The highest BCUT2D eigenvalue weighted by Crippen LogP contribution is 2.29. The van der Waals surface area contributed by atoms with Crippen molar-refractivity contribution in [1.82, 2.24) is 10.6 Å². The van der Waals surface area contributed by atoms with Gasteiger partial charge in [0.2, 0.25) is 11.8 Å². The molecule has 3 amide bonds. The molecule has 1 aromatic heterocycles. The number of nitrogens with one attached hydrogen (secondary N) is 2. The molecular formula is C19H21N3O4. The van der Waals surface area contributed by atoms with Crippen LogP contribution >= 0.6 is 0 Å². The van der Waals surface area contributed by atoms with Crippen molar-refractivity contribution >= 4 is 23.4 Å². The number of nitrogens with zero attached hydrogens (tertiary/aromatic N) is 1. The number of rotatable bonds is 6. The summed E-state index contributed by atoms with van der Waals surface area (Å²) in [7, 11) is 0. The third-order valence-corrected chi connectivity index (χ3v) is 4.29. The van der Waals surface area contributed by atoms with E-state index in [1.54, 1.807) is 35.2 Å². The summed E-state index contributed by atoms with van der Waals surface area (Å²) >= 11 is 0. The van der Waals surface area contributed by atoms with Gasteiger partial charge < -0.3 is 20.0 Å². The van der Waals surface area contributed by atoms with Crippen LogP contribution in [0.5, 0.6) is 0 Å². The smallest absolute Gasteiger partial charge is 0.251 e. The summed E-state index contributed by atoms with van der Waals surface area (Å²) in [6, 6.07) is 8.76. The van der Waals surface area contributed by atoms with Crippen molar-refractivity contribution < 1.29 is 18.8 Å². The lowest BCUT2D eigenvalue weighted by Gasteiger charge is -2.16. The largest absolute Gasteiger partial charge is 0.467 e. The van der Waals surface area contributed by atoms with Gasteiger partial charge in [0, 0.05) is 24.2 Å². The molecule has 0 fully saturated rings. The fraction of sp³-hybridized carbons (Fsp3) is 0.316. The van der Waals surface area contributed by atoms with E-state index < -0.39 is 0 Å². The fourth-order valence-corrected chi connectivity index (χ4v) is 2.92. The molecule has 0 unspecified atom stereocenters. The molecule has 2 N–H and O–H groups in total. The van der Waals surface area contributed by atoms with E-state index in [-0.39, 0.29) is 30.8 Å². The summed E-state index contributed by atoms with van der Waals surface area (Å²) in [5, 5.41) is 5.27. The molecule has 0 radical (unpaired) electrons. The molecule has 1 aliphatic rings. The standard InChI is InChI=1S/C19H21N3O4/c1-2-18(24)22-8-7-13-10-14(5-6-16(13)22)19(25)21-12-17(23)20-11-15-4-3-9-26-15/h3-6,9-10H,2,7-8,11-12H2,1H3,(H,20,23)(H,21,25). The van der Waals surface area contributed by atoms with E-state index in [9.17, 15) is 14.4 Å². The summed E-state index contributed by atoms with van der Waals surface area (Å²) in [5.41, 5.74) is 2.32. The molecule has 0 bridgehead atoms. The Labute approximate surface area is 151 Å². The van der Waals surface area contributed by atoms with Crippen LogP contribution < -0.4 is 15.5 Å². The molecule has 2 heterocycles. The van der Waals surface area contributed by atoms with Crippen LogP contribution in [0.25, 0.3) is 0 Å². The summed E-state index contributed by atoms with van der Waals surface area (Å²) in [4.78, 5) is 37.7. The lowest BCUT2D eigenvalue weighted by atomic mass is 10.1. The first-order valence-electron chi connectivity index (χ1n) is 8.59. The molecule has 3 rings (SSSR count). The fourth-order valence-electron chi connectivity index (χ4n) is 2.92. The van der Waals surface area contributed by atoms with Crippen molar-refractivity contribution in [3.63, 3.8) is 0 Å². The molecule has 0 saturated heterocycles. The number of amides is 3.